The highest BCUT2D eigenvalue weighted by Gasteiger charge is 2.10. The molecule has 132 valence electrons. The number of carbonyl (C=O) groups excluding carboxylic acids is 2. The molecule has 0 atom stereocenters. The molecule has 0 unspecified atom stereocenters. The molecule has 0 radical (unpaired) electrons. The summed E-state index contributed by atoms with van der Waals surface area (Å²) in [7, 11) is 0. The van der Waals surface area contributed by atoms with E-state index >= 15 is 0 Å². The van der Waals surface area contributed by atoms with Gasteiger partial charge in [-0.3, -0.25) is 0 Å². The highest BCUT2D eigenvalue weighted by atomic mass is 19.1. The van der Waals surface area contributed by atoms with Crippen molar-refractivity contribution in [1.82, 2.24) is 9.97 Å². The van der Waals surface area contributed by atoms with E-state index in [0.717, 1.165) is 11.4 Å². The van der Waals surface area contributed by atoms with Gasteiger partial charge in [-0.15, -0.1) is 0 Å². The minimum Gasteiger partial charge on any atom is -0.543 e. The van der Waals surface area contributed by atoms with Crippen molar-refractivity contribution in [3.63, 3.8) is 0 Å². The number of nitrogens with zero attached hydrogens (tertiary/aromatic N) is 2. The molecule has 5 N–H and O–H groups in total. The molecule has 0 fully saturated rings. The Labute approximate surface area is 142 Å². The molecule has 0 aliphatic rings. The summed E-state index contributed by atoms with van der Waals surface area (Å²) in [6, 6.07) is 7.84. The first-order valence-corrected chi connectivity index (χ1v) is 6.91. The maximum Gasteiger partial charge on any atom is 0.449 e. The summed E-state index contributed by atoms with van der Waals surface area (Å²) >= 11 is 0. The number of carboxylic acid groups (broad SMARTS) is 2. The second-order valence-electron chi connectivity index (χ2n) is 4.82. The number of nitrogens with two attached hydrogens (primary N) is 2. The Morgan fingerprint density at radius 3 is 2.00 bits per heavy atom. The van der Waals surface area contributed by atoms with Gasteiger partial charge in [-0.2, -0.15) is 20.3 Å². The molecule has 2 rings (SSSR count). The van der Waals surface area contributed by atoms with Crippen LogP contribution in [-0.2, 0) is 9.59 Å². The molecule has 9 nitrogen and oxygen atoms in total. The third kappa shape index (κ3) is 7.61. The van der Waals surface area contributed by atoms with Gasteiger partial charge in [0.1, 0.15) is 11.5 Å². The zero-order valence-electron chi connectivity index (χ0n) is 13.4. The number of aryl methyl sites for hydroxylation is 2. The maximum atomic E-state index is 12.8. The number of quaternary nitrogens is 1. The number of benzene rings is 1. The van der Waals surface area contributed by atoms with E-state index in [1.165, 1.54) is 12.1 Å². The molecule has 0 saturated heterocycles. The van der Waals surface area contributed by atoms with Crippen molar-refractivity contribution in [2.45, 2.75) is 13.8 Å². The van der Waals surface area contributed by atoms with E-state index in [4.69, 9.17) is 25.5 Å². The van der Waals surface area contributed by atoms with E-state index in [-0.39, 0.29) is 5.82 Å². The molecule has 0 spiro atoms. The number of halogens is 1. The van der Waals surface area contributed by atoms with E-state index in [0.29, 0.717) is 17.6 Å². The van der Waals surface area contributed by atoms with Gasteiger partial charge in [-0.1, -0.05) is 0 Å². The second kappa shape index (κ2) is 9.03. The van der Waals surface area contributed by atoms with Crippen molar-refractivity contribution in [2.75, 3.05) is 0 Å². The van der Waals surface area contributed by atoms with Gasteiger partial charge in [0, 0.05) is 11.4 Å². The van der Waals surface area contributed by atoms with Crippen molar-refractivity contribution >= 4 is 29.5 Å². The van der Waals surface area contributed by atoms with Crippen LogP contribution in [0, 0.1) is 19.7 Å². The standard InChI is InChI=1S/C13H14FN5.C2H2O4/c1-8-7-9(2)17-13(16-8)19-12(15)18-11-5-3-10(14)4-6-11;3-1(4)2(5)6/h3-7H,1-2H3,(H3,15,16,17,18,19);(H,3,4)(H,5,6). The molecule has 25 heavy (non-hydrogen) atoms. The zero-order valence-corrected chi connectivity index (χ0v) is 13.4. The summed E-state index contributed by atoms with van der Waals surface area (Å²) in [6.45, 7) is 3.80. The number of carboxylic acids is 2. The van der Waals surface area contributed by atoms with Crippen LogP contribution in [-0.4, -0.2) is 27.9 Å². The maximum absolute atomic E-state index is 12.8. The van der Waals surface area contributed by atoms with Crippen LogP contribution in [0.25, 0.3) is 0 Å². The first-order chi connectivity index (χ1) is 11.7. The number of aromatic nitrogens is 2. The van der Waals surface area contributed by atoms with E-state index in [9.17, 15) is 4.39 Å². The number of hydrogen-bond donors (Lipinski definition) is 3. The molecule has 1 heterocycles. The summed E-state index contributed by atoms with van der Waals surface area (Å²) in [5, 5.41) is 19.5. The molecule has 0 aliphatic carbocycles. The average Bonchev–Trinajstić information content (AvgIpc) is 2.49. The van der Waals surface area contributed by atoms with Gasteiger partial charge >= 0.3 is 11.9 Å². The van der Waals surface area contributed by atoms with Crippen molar-refractivity contribution in [3.05, 3.63) is 47.5 Å². The Morgan fingerprint density at radius 2 is 1.56 bits per heavy atom. The van der Waals surface area contributed by atoms with E-state index in [1.807, 2.05) is 19.9 Å². The first kappa shape index (κ1) is 19.6. The molecule has 2 aromatic rings. The van der Waals surface area contributed by atoms with Crippen LogP contribution >= 0.6 is 0 Å². The number of nitrogens with one attached hydrogen (secondary N) is 1. The third-order valence-electron chi connectivity index (χ3n) is 2.58. The average molecular weight is 349 g/mol. The van der Waals surface area contributed by atoms with Crippen molar-refractivity contribution < 1.29 is 34.5 Å². The van der Waals surface area contributed by atoms with Crippen LogP contribution in [0.15, 0.2) is 30.3 Å². The van der Waals surface area contributed by atoms with Gasteiger partial charge < -0.3 is 19.8 Å². The van der Waals surface area contributed by atoms with Crippen LogP contribution < -0.4 is 26.3 Å². The monoisotopic (exact) mass is 349 g/mol. The van der Waals surface area contributed by atoms with Gasteiger partial charge in [0.15, 0.2) is 0 Å². The van der Waals surface area contributed by atoms with Crippen molar-refractivity contribution in [2.24, 2.45) is 5.73 Å². The Balaban J connectivity index is 0.000000450. The van der Waals surface area contributed by atoms with Gasteiger partial charge in [0.25, 0.3) is 0 Å². The first-order valence-electron chi connectivity index (χ1n) is 6.91. The lowest BCUT2D eigenvalue weighted by Crippen LogP contribution is -2.98. The molecule has 10 heteroatoms. The molecular weight excluding hydrogens is 333 g/mol. The normalized spacial score (nSPS) is 10.6. The zero-order chi connectivity index (χ0) is 19.0. The van der Waals surface area contributed by atoms with Gasteiger partial charge in [-0.25, -0.2) is 10.1 Å². The summed E-state index contributed by atoms with van der Waals surface area (Å²) in [5.74, 6) is -3.71. The predicted molar refractivity (Wildman–Crippen MR) is 79.3 cm³/mol. The fourth-order valence-corrected chi connectivity index (χ4v) is 1.69. The lowest BCUT2D eigenvalue weighted by atomic mass is 10.3. The topological polar surface area (TPSA) is 163 Å². The quantitative estimate of drug-likeness (QED) is 0.280. The van der Waals surface area contributed by atoms with Crippen LogP contribution in [0.1, 0.15) is 11.4 Å². The predicted octanol–water partition coefficient (Wildman–Crippen LogP) is -4.36. The molecule has 0 saturated carbocycles. The number of rotatable bonds is 2. The molecule has 0 bridgehead atoms. The van der Waals surface area contributed by atoms with Crippen LogP contribution in [0.2, 0.25) is 0 Å². The van der Waals surface area contributed by atoms with Gasteiger partial charge in [-0.05, 0) is 44.2 Å². The van der Waals surface area contributed by atoms with Gasteiger partial charge in [0.05, 0.1) is 11.9 Å². The summed E-state index contributed by atoms with van der Waals surface area (Å²) in [4.78, 5) is 29.3. The van der Waals surface area contributed by atoms with Crippen LogP contribution in [0.4, 0.5) is 16.0 Å². The molecule has 0 amide bonds. The number of aliphatic carboxylic acids is 2. The van der Waals surface area contributed by atoms with E-state index < -0.39 is 11.9 Å². The van der Waals surface area contributed by atoms with Crippen molar-refractivity contribution in [1.29, 1.82) is 0 Å². The smallest absolute Gasteiger partial charge is 0.449 e. The Bertz CT molecular complexity index is 761. The number of guanidine groups is 1. The highest BCUT2D eigenvalue weighted by Crippen LogP contribution is 2.01. The minimum atomic E-state index is -2.19. The molecule has 0 aliphatic heterocycles. The molecule has 1 aromatic heterocycles. The molecular formula is C15H16FN5O4. The highest BCUT2D eigenvalue weighted by molar-refractivity contribution is 6.25. The van der Waals surface area contributed by atoms with E-state index in [1.54, 1.807) is 17.4 Å². The Morgan fingerprint density at radius 1 is 1.08 bits per heavy atom. The number of carbonyl (C=O) groups is 2. The lowest BCUT2D eigenvalue weighted by Gasteiger charge is -1.98. The van der Waals surface area contributed by atoms with Crippen LogP contribution in [0.5, 0.6) is 0 Å². The minimum absolute atomic E-state index is 0.286. The fourth-order valence-electron chi connectivity index (χ4n) is 1.69. The SMILES string of the molecule is Cc1cc(C)nc([NH2+]C(N)=[NH+]c2ccc(F)cc2)n1.O=C([O-])C(=O)[O-]. The number of hydrogen-bond acceptors (Lipinski definition) is 6. The second-order valence-corrected chi connectivity index (χ2v) is 4.82. The van der Waals surface area contributed by atoms with Crippen molar-refractivity contribution in [3.8, 4) is 0 Å². The fraction of sp³-hybridized carbons (Fsp3) is 0.133. The summed E-state index contributed by atoms with van der Waals surface area (Å²) < 4.78 is 12.8. The van der Waals surface area contributed by atoms with Crippen LogP contribution in [0.3, 0.4) is 0 Å². The lowest BCUT2D eigenvalue weighted by molar-refractivity contribution is -0.531. The molecule has 1 aromatic carbocycles. The largest absolute Gasteiger partial charge is 0.543 e. The summed E-state index contributed by atoms with van der Waals surface area (Å²) in [6.07, 6.45) is 0. The Kier molecular flexibility index (Phi) is 7.10. The van der Waals surface area contributed by atoms with Gasteiger partial charge in [0.2, 0.25) is 0 Å². The Hall–Kier alpha value is -3.40. The summed E-state index contributed by atoms with van der Waals surface area (Å²) in [5.41, 5.74) is 8.33. The third-order valence-corrected chi connectivity index (χ3v) is 2.58. The van der Waals surface area contributed by atoms with E-state index in [2.05, 4.69) is 15.0 Å².